The Balaban J connectivity index is 1.96. The lowest BCUT2D eigenvalue weighted by atomic mass is 9.94. The van der Waals surface area contributed by atoms with Gasteiger partial charge in [0.1, 0.15) is 0 Å². The van der Waals surface area contributed by atoms with Crippen LogP contribution in [0.2, 0.25) is 0 Å². The van der Waals surface area contributed by atoms with E-state index in [-0.39, 0.29) is 12.2 Å². The molecule has 1 aliphatic rings. The summed E-state index contributed by atoms with van der Waals surface area (Å²) in [6, 6.07) is 8.95. The quantitative estimate of drug-likeness (QED) is 0.846. The Bertz CT molecular complexity index is 431. The van der Waals surface area contributed by atoms with Gasteiger partial charge in [-0.05, 0) is 57.9 Å². The van der Waals surface area contributed by atoms with Gasteiger partial charge in [0, 0.05) is 37.1 Å². The number of likely N-dealkylation sites (N-methyl/N-ethyl adjacent to an activating group) is 1. The molecule has 1 heterocycles. The monoisotopic (exact) mass is 292 g/mol. The van der Waals surface area contributed by atoms with Crippen LogP contribution in [-0.2, 0) is 4.74 Å². The lowest BCUT2D eigenvalue weighted by Gasteiger charge is -2.36. The standard InChI is InChI=1S/C17H28N2O2/c1-4-19(10-11-20)16-7-5-14(6-8-16)18-15-9-12-21-17(2,3)13-15/h5-8,15,18,20H,4,9-13H2,1-3H3. The molecule has 0 radical (unpaired) electrons. The van der Waals surface area contributed by atoms with E-state index in [1.807, 2.05) is 0 Å². The number of hydrogen-bond acceptors (Lipinski definition) is 4. The summed E-state index contributed by atoms with van der Waals surface area (Å²) in [5.74, 6) is 0. The van der Waals surface area contributed by atoms with Crippen molar-refractivity contribution in [3.8, 4) is 0 Å². The van der Waals surface area contributed by atoms with E-state index in [0.717, 1.165) is 37.4 Å². The maximum atomic E-state index is 9.08. The smallest absolute Gasteiger partial charge is 0.0646 e. The van der Waals surface area contributed by atoms with Crippen molar-refractivity contribution in [2.45, 2.75) is 45.3 Å². The number of nitrogens with one attached hydrogen (secondary N) is 1. The van der Waals surface area contributed by atoms with Crippen LogP contribution in [0.25, 0.3) is 0 Å². The van der Waals surface area contributed by atoms with Gasteiger partial charge in [-0.3, -0.25) is 0 Å². The Kier molecular flexibility index (Phi) is 5.48. The molecule has 1 aromatic rings. The van der Waals surface area contributed by atoms with Crippen molar-refractivity contribution in [3.63, 3.8) is 0 Å². The molecule has 21 heavy (non-hydrogen) atoms. The number of benzene rings is 1. The van der Waals surface area contributed by atoms with E-state index in [9.17, 15) is 0 Å². The number of hydrogen-bond donors (Lipinski definition) is 2. The summed E-state index contributed by atoms with van der Waals surface area (Å²) < 4.78 is 5.75. The Labute approximate surface area is 128 Å². The molecule has 0 bridgehead atoms. The van der Waals surface area contributed by atoms with Crippen LogP contribution in [0.15, 0.2) is 24.3 Å². The van der Waals surface area contributed by atoms with E-state index in [0.29, 0.717) is 12.6 Å². The van der Waals surface area contributed by atoms with E-state index < -0.39 is 0 Å². The number of rotatable bonds is 6. The maximum absolute atomic E-state index is 9.08. The van der Waals surface area contributed by atoms with Crippen molar-refractivity contribution < 1.29 is 9.84 Å². The maximum Gasteiger partial charge on any atom is 0.0646 e. The lowest BCUT2D eigenvalue weighted by Crippen LogP contribution is -2.40. The zero-order valence-electron chi connectivity index (χ0n) is 13.4. The largest absolute Gasteiger partial charge is 0.395 e. The van der Waals surface area contributed by atoms with Gasteiger partial charge in [0.05, 0.1) is 12.2 Å². The predicted molar refractivity (Wildman–Crippen MR) is 88.1 cm³/mol. The van der Waals surface area contributed by atoms with E-state index in [1.54, 1.807) is 0 Å². The van der Waals surface area contributed by atoms with Crippen LogP contribution in [0.1, 0.15) is 33.6 Å². The third kappa shape index (κ3) is 4.61. The minimum atomic E-state index is -0.0318. The summed E-state index contributed by atoms with van der Waals surface area (Å²) in [6.07, 6.45) is 2.08. The van der Waals surface area contributed by atoms with Gasteiger partial charge in [-0.15, -0.1) is 0 Å². The highest BCUT2D eigenvalue weighted by Crippen LogP contribution is 2.27. The fraction of sp³-hybridized carbons (Fsp3) is 0.647. The lowest BCUT2D eigenvalue weighted by molar-refractivity contribution is -0.0553. The molecule has 2 N–H and O–H groups in total. The van der Waals surface area contributed by atoms with Gasteiger partial charge < -0.3 is 20.1 Å². The normalized spacial score (nSPS) is 21.0. The fourth-order valence-corrected chi connectivity index (χ4v) is 2.95. The van der Waals surface area contributed by atoms with Crippen LogP contribution in [0, 0.1) is 0 Å². The van der Waals surface area contributed by atoms with Crippen LogP contribution in [0.4, 0.5) is 11.4 Å². The molecule has 0 spiro atoms. The molecule has 0 amide bonds. The molecular formula is C17H28N2O2. The van der Waals surface area contributed by atoms with Crippen molar-refractivity contribution in [2.75, 3.05) is 36.5 Å². The van der Waals surface area contributed by atoms with Crippen molar-refractivity contribution in [3.05, 3.63) is 24.3 Å². The van der Waals surface area contributed by atoms with Crippen LogP contribution in [0.5, 0.6) is 0 Å². The highest BCUT2D eigenvalue weighted by molar-refractivity contribution is 5.55. The van der Waals surface area contributed by atoms with Gasteiger partial charge in [0.25, 0.3) is 0 Å². The third-order valence-electron chi connectivity index (χ3n) is 4.05. The zero-order chi connectivity index (χ0) is 15.3. The molecule has 0 aliphatic carbocycles. The van der Waals surface area contributed by atoms with E-state index >= 15 is 0 Å². The van der Waals surface area contributed by atoms with E-state index in [1.165, 1.54) is 0 Å². The Hall–Kier alpha value is -1.26. The highest BCUT2D eigenvalue weighted by atomic mass is 16.5. The van der Waals surface area contributed by atoms with Gasteiger partial charge in [0.15, 0.2) is 0 Å². The SMILES string of the molecule is CCN(CCO)c1ccc(NC2CCOC(C)(C)C2)cc1. The van der Waals surface area contributed by atoms with Crippen molar-refractivity contribution in [2.24, 2.45) is 0 Å². The first kappa shape index (κ1) is 16.1. The molecule has 1 saturated heterocycles. The van der Waals surface area contributed by atoms with E-state index in [4.69, 9.17) is 9.84 Å². The topological polar surface area (TPSA) is 44.7 Å². The average Bonchev–Trinajstić information content (AvgIpc) is 2.45. The molecule has 1 fully saturated rings. The first-order chi connectivity index (χ1) is 10.0. The van der Waals surface area contributed by atoms with Crippen LogP contribution in [0.3, 0.4) is 0 Å². The molecule has 1 atom stereocenters. The van der Waals surface area contributed by atoms with Crippen LogP contribution >= 0.6 is 0 Å². The molecule has 2 rings (SSSR count). The summed E-state index contributed by atoms with van der Waals surface area (Å²) in [5.41, 5.74) is 2.28. The van der Waals surface area contributed by atoms with Crippen LogP contribution < -0.4 is 10.2 Å². The molecule has 118 valence electrons. The number of anilines is 2. The van der Waals surface area contributed by atoms with Crippen LogP contribution in [-0.4, -0.2) is 43.1 Å². The Morgan fingerprint density at radius 2 is 2.05 bits per heavy atom. The molecule has 0 aromatic heterocycles. The minimum absolute atomic E-state index is 0.0318. The molecule has 1 aromatic carbocycles. The van der Waals surface area contributed by atoms with Crippen molar-refractivity contribution in [1.82, 2.24) is 0 Å². The van der Waals surface area contributed by atoms with Gasteiger partial charge in [0.2, 0.25) is 0 Å². The van der Waals surface area contributed by atoms with Crippen molar-refractivity contribution >= 4 is 11.4 Å². The Morgan fingerprint density at radius 3 is 2.62 bits per heavy atom. The second-order valence-corrected chi connectivity index (χ2v) is 6.29. The summed E-state index contributed by atoms with van der Waals surface area (Å²) in [4.78, 5) is 2.17. The molecule has 1 unspecified atom stereocenters. The van der Waals surface area contributed by atoms with E-state index in [2.05, 4.69) is 55.3 Å². The van der Waals surface area contributed by atoms with Crippen molar-refractivity contribution in [1.29, 1.82) is 0 Å². The molecular weight excluding hydrogens is 264 g/mol. The van der Waals surface area contributed by atoms with Gasteiger partial charge in [-0.2, -0.15) is 0 Å². The predicted octanol–water partition coefficient (Wildman–Crippen LogP) is 2.87. The summed E-state index contributed by atoms with van der Waals surface area (Å²) in [6.45, 7) is 8.99. The number of aliphatic hydroxyl groups is 1. The highest BCUT2D eigenvalue weighted by Gasteiger charge is 2.28. The van der Waals surface area contributed by atoms with Gasteiger partial charge in [-0.25, -0.2) is 0 Å². The fourth-order valence-electron chi connectivity index (χ4n) is 2.95. The number of aliphatic hydroxyl groups excluding tert-OH is 1. The third-order valence-corrected chi connectivity index (χ3v) is 4.05. The first-order valence-electron chi connectivity index (χ1n) is 7.90. The zero-order valence-corrected chi connectivity index (χ0v) is 13.4. The second kappa shape index (κ2) is 7.14. The van der Waals surface area contributed by atoms with Gasteiger partial charge in [-0.1, -0.05) is 0 Å². The minimum Gasteiger partial charge on any atom is -0.395 e. The summed E-state index contributed by atoms with van der Waals surface area (Å²) >= 11 is 0. The number of ether oxygens (including phenoxy) is 1. The molecule has 1 aliphatic heterocycles. The summed E-state index contributed by atoms with van der Waals surface area (Å²) in [7, 11) is 0. The Morgan fingerprint density at radius 1 is 1.33 bits per heavy atom. The van der Waals surface area contributed by atoms with Gasteiger partial charge >= 0.3 is 0 Å². The molecule has 4 nitrogen and oxygen atoms in total. The average molecular weight is 292 g/mol. The first-order valence-corrected chi connectivity index (χ1v) is 7.90. The summed E-state index contributed by atoms with van der Waals surface area (Å²) in [5, 5.41) is 12.7. The second-order valence-electron chi connectivity index (χ2n) is 6.29. The number of nitrogens with zero attached hydrogens (tertiary/aromatic N) is 1. The molecule has 4 heteroatoms. The molecule has 0 saturated carbocycles.